The second kappa shape index (κ2) is 4.11. The van der Waals surface area contributed by atoms with E-state index in [4.69, 9.17) is 4.43 Å². The lowest BCUT2D eigenvalue weighted by atomic mass is 10.5. The van der Waals surface area contributed by atoms with Crippen molar-refractivity contribution < 1.29 is 9.22 Å². The van der Waals surface area contributed by atoms with Crippen LogP contribution in [0.2, 0.25) is 5.54 Å². The maximum absolute atomic E-state index is 10.3. The lowest BCUT2D eigenvalue weighted by molar-refractivity contribution is -0.110. The molecule has 0 spiro atoms. The van der Waals surface area contributed by atoms with Crippen LogP contribution >= 0.6 is 12.6 Å². The first-order chi connectivity index (χ1) is 3.68. The maximum atomic E-state index is 10.3. The van der Waals surface area contributed by atoms with E-state index in [2.05, 4.69) is 12.6 Å². The van der Waals surface area contributed by atoms with Crippen LogP contribution in [0.1, 0.15) is 6.92 Å². The van der Waals surface area contributed by atoms with E-state index in [1.807, 2.05) is 0 Å². The van der Waals surface area contributed by atoms with E-state index in [9.17, 15) is 4.79 Å². The van der Waals surface area contributed by atoms with Gasteiger partial charge in [0.25, 0.3) is 0 Å². The molecule has 2 nitrogen and oxygen atoms in total. The monoisotopic (exact) mass is 148 g/mol. The highest BCUT2D eigenvalue weighted by molar-refractivity contribution is 7.96. The zero-order valence-electron chi connectivity index (χ0n) is 4.84. The molecule has 0 aliphatic rings. The van der Waals surface area contributed by atoms with Crippen LogP contribution in [0.25, 0.3) is 0 Å². The average molecular weight is 148 g/mol. The minimum atomic E-state index is -0.106. The number of hydrogen-bond acceptors (Lipinski definition) is 2. The second-order valence-electron chi connectivity index (χ2n) is 1.38. The first-order valence-electron chi connectivity index (χ1n) is 2.19. The van der Waals surface area contributed by atoms with Gasteiger partial charge >= 0.3 is 0 Å². The van der Waals surface area contributed by atoms with Gasteiger partial charge in [-0.05, 0) is 0 Å². The zero-order valence-corrected chi connectivity index (χ0v) is 6.74. The van der Waals surface area contributed by atoms with Gasteiger partial charge in [0.2, 0.25) is 9.76 Å². The molecular weight excluding hydrogens is 140 g/mol. The molecule has 0 aliphatic carbocycles. The fourth-order valence-corrected chi connectivity index (χ4v) is 0.840. The minimum Gasteiger partial charge on any atom is -0.420 e. The van der Waals surface area contributed by atoms with Crippen molar-refractivity contribution in [1.82, 2.24) is 0 Å². The summed E-state index contributed by atoms with van der Waals surface area (Å²) >= 11 is 3.62. The Bertz CT molecular complexity index is 86.1. The van der Waals surface area contributed by atoms with E-state index in [1.54, 1.807) is 14.0 Å². The van der Waals surface area contributed by atoms with Gasteiger partial charge < -0.3 is 4.43 Å². The molecule has 8 heavy (non-hydrogen) atoms. The van der Waals surface area contributed by atoms with Crippen molar-refractivity contribution >= 4 is 27.5 Å². The van der Waals surface area contributed by atoms with E-state index >= 15 is 0 Å². The topological polar surface area (TPSA) is 26.3 Å². The minimum absolute atomic E-state index is 0.0525. The Labute approximate surface area is 57.0 Å². The Morgan fingerprint density at radius 2 is 2.38 bits per heavy atom. The summed E-state index contributed by atoms with van der Waals surface area (Å²) in [6.45, 7) is 1.79. The Balaban J connectivity index is 3.32. The van der Waals surface area contributed by atoms with Gasteiger partial charge in [0.05, 0.1) is 0 Å². The van der Waals surface area contributed by atoms with Gasteiger partial charge in [-0.15, -0.1) is 12.6 Å². The standard InChI is InChI=1S/C4H8O2SSi/c1-3(4(5)7)8-6-2/h3H,1-2H3,(H,5,7). The van der Waals surface area contributed by atoms with Crippen molar-refractivity contribution in [2.75, 3.05) is 7.11 Å². The third-order valence-corrected chi connectivity index (χ3v) is 2.15. The average Bonchev–Trinajstić information content (AvgIpc) is 1.67. The summed E-state index contributed by atoms with van der Waals surface area (Å²) in [6, 6.07) is 0. The van der Waals surface area contributed by atoms with Crippen molar-refractivity contribution in [3.8, 4) is 0 Å². The molecule has 1 atom stereocenters. The predicted octanol–water partition coefficient (Wildman–Crippen LogP) is 0.517. The van der Waals surface area contributed by atoms with E-state index in [0.29, 0.717) is 0 Å². The molecule has 0 bridgehead atoms. The van der Waals surface area contributed by atoms with Crippen LogP contribution in [-0.2, 0) is 9.22 Å². The van der Waals surface area contributed by atoms with Gasteiger partial charge in [0, 0.05) is 12.7 Å². The Kier molecular flexibility index (Phi) is 4.21. The van der Waals surface area contributed by atoms with Gasteiger partial charge in [0.15, 0.2) is 5.12 Å². The number of carbonyl (C=O) groups excluding carboxylic acids is 1. The van der Waals surface area contributed by atoms with Crippen molar-refractivity contribution in [3.63, 3.8) is 0 Å². The fourth-order valence-electron chi connectivity index (χ4n) is 0.227. The molecule has 4 heteroatoms. The fraction of sp³-hybridized carbons (Fsp3) is 0.750. The van der Waals surface area contributed by atoms with Gasteiger partial charge in [-0.3, -0.25) is 4.79 Å². The van der Waals surface area contributed by atoms with E-state index < -0.39 is 0 Å². The molecule has 0 aromatic carbocycles. The molecule has 0 N–H and O–H groups in total. The number of carbonyl (C=O) groups is 1. The summed E-state index contributed by atoms with van der Waals surface area (Å²) in [5.74, 6) is 0. The van der Waals surface area contributed by atoms with Crippen LogP contribution in [0.15, 0.2) is 0 Å². The largest absolute Gasteiger partial charge is 0.420 e. The normalized spacial score (nSPS) is 13.4. The maximum Gasteiger partial charge on any atom is 0.241 e. The summed E-state index contributed by atoms with van der Waals surface area (Å²) in [6.07, 6.45) is 0. The van der Waals surface area contributed by atoms with E-state index in [0.717, 1.165) is 0 Å². The molecule has 46 valence electrons. The van der Waals surface area contributed by atoms with E-state index in [-0.39, 0.29) is 20.4 Å². The molecule has 0 heterocycles. The van der Waals surface area contributed by atoms with Crippen LogP contribution in [0.5, 0.6) is 0 Å². The summed E-state index contributed by atoms with van der Waals surface area (Å²) in [4.78, 5) is 10.3. The predicted molar refractivity (Wildman–Crippen MR) is 36.2 cm³/mol. The van der Waals surface area contributed by atoms with Crippen molar-refractivity contribution in [2.45, 2.75) is 12.5 Å². The molecule has 0 fully saturated rings. The van der Waals surface area contributed by atoms with Gasteiger partial charge in [-0.1, -0.05) is 6.92 Å². The molecule has 0 aromatic rings. The zero-order chi connectivity index (χ0) is 6.57. The molecule has 1 unspecified atom stereocenters. The van der Waals surface area contributed by atoms with Crippen LogP contribution in [-0.4, -0.2) is 22.0 Å². The summed E-state index contributed by atoms with van der Waals surface area (Å²) in [5, 5.41) is -0.106. The van der Waals surface area contributed by atoms with E-state index in [1.165, 1.54) is 0 Å². The smallest absolute Gasteiger partial charge is 0.241 e. The van der Waals surface area contributed by atoms with Crippen molar-refractivity contribution in [1.29, 1.82) is 0 Å². The number of thiol groups is 1. The second-order valence-corrected chi connectivity index (χ2v) is 3.33. The van der Waals surface area contributed by atoms with Crippen molar-refractivity contribution in [3.05, 3.63) is 0 Å². The van der Waals surface area contributed by atoms with Crippen LogP contribution in [0.3, 0.4) is 0 Å². The molecule has 2 radical (unpaired) electrons. The number of rotatable bonds is 3. The molecule has 0 saturated heterocycles. The molecule has 0 rings (SSSR count). The summed E-state index contributed by atoms with van der Waals surface area (Å²) in [5.41, 5.74) is -0.0525. The SMILES string of the molecule is CO[Si]C(C)C(=O)S. The Morgan fingerprint density at radius 1 is 1.88 bits per heavy atom. The lowest BCUT2D eigenvalue weighted by Crippen LogP contribution is -2.07. The van der Waals surface area contributed by atoms with Gasteiger partial charge in [-0.2, -0.15) is 0 Å². The Morgan fingerprint density at radius 3 is 2.50 bits per heavy atom. The van der Waals surface area contributed by atoms with Crippen molar-refractivity contribution in [2.24, 2.45) is 0 Å². The highest BCUT2D eigenvalue weighted by Crippen LogP contribution is 2.04. The Hall–Kier alpha value is 0.197. The lowest BCUT2D eigenvalue weighted by Gasteiger charge is -1.99. The molecule has 0 saturated carbocycles. The quantitative estimate of drug-likeness (QED) is 0.466. The van der Waals surface area contributed by atoms with Crippen LogP contribution < -0.4 is 0 Å². The summed E-state index contributed by atoms with van der Waals surface area (Å²) in [7, 11) is 1.82. The van der Waals surface area contributed by atoms with Gasteiger partial charge in [0.1, 0.15) is 0 Å². The highest BCUT2D eigenvalue weighted by Gasteiger charge is 2.08. The summed E-state index contributed by atoms with van der Waals surface area (Å²) < 4.78 is 4.72. The first-order valence-corrected chi connectivity index (χ1v) is 3.63. The third-order valence-electron chi connectivity index (χ3n) is 0.665. The highest BCUT2D eigenvalue weighted by atomic mass is 32.1. The van der Waals surface area contributed by atoms with Crippen LogP contribution in [0.4, 0.5) is 0 Å². The first kappa shape index (κ1) is 8.20. The third kappa shape index (κ3) is 3.23. The van der Waals surface area contributed by atoms with Crippen LogP contribution in [0, 0.1) is 0 Å². The molecular formula is C4H8O2SSi. The number of hydrogen-bond donors (Lipinski definition) is 1. The molecule has 0 aromatic heterocycles. The molecule has 0 amide bonds. The molecule has 0 aliphatic heterocycles. The van der Waals surface area contributed by atoms with Gasteiger partial charge in [-0.25, -0.2) is 0 Å².